The molecule has 128 valence electrons. The number of hydrogen-bond donors (Lipinski definition) is 2. The van der Waals surface area contributed by atoms with Gasteiger partial charge in [0, 0.05) is 47.8 Å². The monoisotopic (exact) mass is 343 g/mol. The Morgan fingerprint density at radius 1 is 1.19 bits per heavy atom. The molecule has 0 atom stereocenters. The van der Waals surface area contributed by atoms with Crippen LogP contribution in [0.15, 0.2) is 61.2 Å². The summed E-state index contributed by atoms with van der Waals surface area (Å²) in [6, 6.07) is 11.5. The lowest BCUT2D eigenvalue weighted by molar-refractivity contribution is 0.101. The van der Waals surface area contributed by atoms with Gasteiger partial charge in [-0.15, -0.1) is 0 Å². The summed E-state index contributed by atoms with van der Waals surface area (Å²) in [6.45, 7) is 2.16. The van der Waals surface area contributed by atoms with Gasteiger partial charge >= 0.3 is 0 Å². The number of nitrogens with one attached hydrogen (secondary N) is 2. The fourth-order valence-electron chi connectivity index (χ4n) is 2.80. The van der Waals surface area contributed by atoms with E-state index < -0.39 is 0 Å². The van der Waals surface area contributed by atoms with Crippen LogP contribution in [0.2, 0.25) is 0 Å². The fourth-order valence-corrected chi connectivity index (χ4v) is 2.80. The largest absolute Gasteiger partial charge is 0.366 e. The number of pyridine rings is 3. The number of ketones is 1. The number of Topliss-reactive ketones (excluding diaryl/α,β-unsaturated/α-hetero) is 1. The van der Waals surface area contributed by atoms with Gasteiger partial charge in [0.25, 0.3) is 0 Å². The summed E-state index contributed by atoms with van der Waals surface area (Å²) in [4.78, 5) is 27.8. The maximum absolute atomic E-state index is 11.5. The number of H-pyrrole nitrogens is 1. The van der Waals surface area contributed by atoms with E-state index in [0.29, 0.717) is 12.1 Å². The van der Waals surface area contributed by atoms with Crippen LogP contribution in [0.4, 0.5) is 5.82 Å². The van der Waals surface area contributed by atoms with E-state index in [9.17, 15) is 4.79 Å². The van der Waals surface area contributed by atoms with Crippen molar-refractivity contribution < 1.29 is 4.79 Å². The Morgan fingerprint density at radius 2 is 2.12 bits per heavy atom. The van der Waals surface area contributed by atoms with Gasteiger partial charge in [-0.25, -0.2) is 4.98 Å². The molecule has 0 aromatic carbocycles. The van der Waals surface area contributed by atoms with Gasteiger partial charge in [-0.2, -0.15) is 0 Å². The normalized spacial score (nSPS) is 10.8. The van der Waals surface area contributed by atoms with Crippen LogP contribution < -0.4 is 5.32 Å². The van der Waals surface area contributed by atoms with Crippen molar-refractivity contribution in [2.45, 2.75) is 13.5 Å². The highest BCUT2D eigenvalue weighted by molar-refractivity contribution is 5.96. The molecule has 0 bridgehead atoms. The molecule has 0 unspecified atom stereocenters. The van der Waals surface area contributed by atoms with E-state index in [1.165, 1.54) is 6.92 Å². The first-order chi connectivity index (χ1) is 12.7. The highest BCUT2D eigenvalue weighted by atomic mass is 16.1. The average molecular weight is 343 g/mol. The molecule has 0 saturated carbocycles. The Bertz CT molecular complexity index is 1050. The minimum Gasteiger partial charge on any atom is -0.366 e. The number of aromatic amines is 1. The number of fused-ring (bicyclic) bond motifs is 1. The van der Waals surface area contributed by atoms with E-state index >= 15 is 0 Å². The third-order valence-electron chi connectivity index (χ3n) is 4.17. The highest BCUT2D eigenvalue weighted by Gasteiger charge is 2.11. The van der Waals surface area contributed by atoms with Crippen LogP contribution in [0.3, 0.4) is 0 Å². The predicted octanol–water partition coefficient (Wildman–Crippen LogP) is 3.83. The summed E-state index contributed by atoms with van der Waals surface area (Å²) in [6.07, 6.45) is 7.04. The lowest BCUT2D eigenvalue weighted by Gasteiger charge is -2.09. The lowest BCUT2D eigenvalue weighted by Crippen LogP contribution is -2.02. The Balaban J connectivity index is 1.69. The fraction of sp³-hybridized carbons (Fsp3) is 0.100. The molecular weight excluding hydrogens is 326 g/mol. The van der Waals surface area contributed by atoms with Crippen LogP contribution in [0.25, 0.3) is 22.3 Å². The van der Waals surface area contributed by atoms with Crippen molar-refractivity contribution in [2.75, 3.05) is 5.32 Å². The molecule has 6 heteroatoms. The number of rotatable bonds is 5. The van der Waals surface area contributed by atoms with Gasteiger partial charge in [0.1, 0.15) is 11.5 Å². The van der Waals surface area contributed by atoms with Crippen LogP contribution in [-0.2, 0) is 6.54 Å². The number of anilines is 1. The van der Waals surface area contributed by atoms with Gasteiger partial charge in [-0.05, 0) is 42.8 Å². The van der Waals surface area contributed by atoms with Crippen LogP contribution >= 0.6 is 0 Å². The van der Waals surface area contributed by atoms with Gasteiger partial charge in [0.05, 0.1) is 5.69 Å². The van der Waals surface area contributed by atoms with E-state index in [4.69, 9.17) is 0 Å². The molecule has 2 N–H and O–H groups in total. The molecule has 0 saturated heterocycles. The summed E-state index contributed by atoms with van der Waals surface area (Å²) in [7, 11) is 0. The van der Waals surface area contributed by atoms with E-state index in [1.807, 2.05) is 42.7 Å². The zero-order valence-corrected chi connectivity index (χ0v) is 14.2. The summed E-state index contributed by atoms with van der Waals surface area (Å²) in [5.41, 5.74) is 4.22. The quantitative estimate of drug-likeness (QED) is 0.538. The molecule has 26 heavy (non-hydrogen) atoms. The minimum absolute atomic E-state index is 0.00407. The number of carbonyl (C=O) groups excluding carboxylic acids is 1. The summed E-state index contributed by atoms with van der Waals surface area (Å²) in [5.74, 6) is 0.751. The first kappa shape index (κ1) is 16.0. The number of hydrogen-bond acceptors (Lipinski definition) is 5. The molecule has 0 radical (unpaired) electrons. The van der Waals surface area contributed by atoms with E-state index in [1.54, 1.807) is 18.5 Å². The van der Waals surface area contributed by atoms with Crippen LogP contribution in [0.1, 0.15) is 22.8 Å². The van der Waals surface area contributed by atoms with Crippen molar-refractivity contribution in [2.24, 2.45) is 0 Å². The standard InChI is InChI=1S/C20H17N5O/c1-13(26)15-4-5-18(23-12-15)17-9-19(25-20-16(17)6-8-22-20)24-11-14-3-2-7-21-10-14/h2-10,12H,11H2,1H3,(H2,22,24,25). The van der Waals surface area contributed by atoms with Gasteiger partial charge < -0.3 is 10.3 Å². The van der Waals surface area contributed by atoms with Gasteiger partial charge in [0.2, 0.25) is 0 Å². The summed E-state index contributed by atoms with van der Waals surface area (Å²) < 4.78 is 0. The minimum atomic E-state index is 0.00407. The highest BCUT2D eigenvalue weighted by Crippen LogP contribution is 2.28. The first-order valence-corrected chi connectivity index (χ1v) is 8.29. The summed E-state index contributed by atoms with van der Waals surface area (Å²) in [5, 5.41) is 4.32. The Labute approximate surface area is 150 Å². The van der Waals surface area contributed by atoms with Gasteiger partial charge in [-0.3, -0.25) is 14.8 Å². The lowest BCUT2D eigenvalue weighted by atomic mass is 10.1. The smallest absolute Gasteiger partial charge is 0.161 e. The number of nitrogens with zero attached hydrogens (tertiary/aromatic N) is 3. The van der Waals surface area contributed by atoms with Crippen molar-refractivity contribution in [1.82, 2.24) is 19.9 Å². The van der Waals surface area contributed by atoms with Crippen molar-refractivity contribution >= 4 is 22.6 Å². The topological polar surface area (TPSA) is 83.6 Å². The second kappa shape index (κ2) is 6.76. The van der Waals surface area contributed by atoms with Crippen molar-refractivity contribution in [1.29, 1.82) is 0 Å². The van der Waals surface area contributed by atoms with Crippen molar-refractivity contribution in [3.8, 4) is 11.3 Å². The summed E-state index contributed by atoms with van der Waals surface area (Å²) >= 11 is 0. The molecule has 0 aliphatic heterocycles. The molecular formula is C20H17N5O. The number of aromatic nitrogens is 4. The molecule has 0 aliphatic carbocycles. The molecule has 4 aromatic heterocycles. The second-order valence-corrected chi connectivity index (χ2v) is 6.00. The number of carbonyl (C=O) groups is 1. The molecule has 0 aliphatic rings. The first-order valence-electron chi connectivity index (χ1n) is 8.29. The van der Waals surface area contributed by atoms with Crippen LogP contribution in [-0.4, -0.2) is 25.7 Å². The third-order valence-corrected chi connectivity index (χ3v) is 4.17. The zero-order chi connectivity index (χ0) is 17.9. The second-order valence-electron chi connectivity index (χ2n) is 6.00. The molecule has 0 amide bonds. The Kier molecular flexibility index (Phi) is 4.15. The Hall–Kier alpha value is -3.54. The molecule has 0 fully saturated rings. The molecule has 0 spiro atoms. The third kappa shape index (κ3) is 3.17. The van der Waals surface area contributed by atoms with E-state index in [-0.39, 0.29) is 5.78 Å². The van der Waals surface area contributed by atoms with Crippen molar-refractivity contribution in [3.05, 3.63) is 72.3 Å². The van der Waals surface area contributed by atoms with Crippen molar-refractivity contribution in [3.63, 3.8) is 0 Å². The maximum Gasteiger partial charge on any atom is 0.161 e. The molecule has 6 nitrogen and oxygen atoms in total. The van der Waals surface area contributed by atoms with E-state index in [0.717, 1.165) is 33.7 Å². The molecule has 4 rings (SSSR count). The molecule has 4 aromatic rings. The Morgan fingerprint density at radius 3 is 2.85 bits per heavy atom. The van der Waals surface area contributed by atoms with Crippen LogP contribution in [0.5, 0.6) is 0 Å². The maximum atomic E-state index is 11.5. The van der Waals surface area contributed by atoms with Crippen LogP contribution in [0, 0.1) is 0 Å². The van der Waals surface area contributed by atoms with Gasteiger partial charge in [-0.1, -0.05) is 6.07 Å². The van der Waals surface area contributed by atoms with E-state index in [2.05, 4.69) is 25.3 Å². The SMILES string of the molecule is CC(=O)c1ccc(-c2cc(NCc3cccnc3)nc3[nH]ccc23)nc1. The van der Waals surface area contributed by atoms with Gasteiger partial charge in [0.15, 0.2) is 5.78 Å². The average Bonchev–Trinajstić information content (AvgIpc) is 3.15. The zero-order valence-electron chi connectivity index (χ0n) is 14.2. The molecule has 4 heterocycles. The predicted molar refractivity (Wildman–Crippen MR) is 101 cm³/mol.